The van der Waals surface area contributed by atoms with Crippen molar-refractivity contribution in [2.45, 2.75) is 6.92 Å². The monoisotopic (exact) mass is 200 g/mol. The Morgan fingerprint density at radius 2 is 1.80 bits per heavy atom. The van der Waals surface area contributed by atoms with Gasteiger partial charge in [0.25, 0.3) is 0 Å². The first-order valence-corrected chi connectivity index (χ1v) is 4.89. The molecule has 0 unspecified atom stereocenters. The van der Waals surface area contributed by atoms with E-state index in [1.165, 1.54) is 0 Å². The maximum Gasteiger partial charge on any atom is 0.213 e. The number of hydrogen-bond donors (Lipinski definition) is 0. The standard InChI is InChI=1S/C12H12N2O/c1-2-15-12-9-11(5-8-14-12)10-3-6-13-7-4-10/h3-9H,2H2,1H3. The molecule has 0 fully saturated rings. The molecule has 0 aliphatic rings. The summed E-state index contributed by atoms with van der Waals surface area (Å²) in [6.45, 7) is 2.58. The first-order chi connectivity index (χ1) is 7.40. The zero-order valence-electron chi connectivity index (χ0n) is 8.55. The Hall–Kier alpha value is -1.90. The van der Waals surface area contributed by atoms with Crippen molar-refractivity contribution in [1.29, 1.82) is 0 Å². The van der Waals surface area contributed by atoms with Crippen LogP contribution in [-0.2, 0) is 0 Å². The fourth-order valence-corrected chi connectivity index (χ4v) is 1.36. The minimum Gasteiger partial charge on any atom is -0.478 e. The molecule has 15 heavy (non-hydrogen) atoms. The molecule has 0 saturated carbocycles. The van der Waals surface area contributed by atoms with Crippen molar-refractivity contribution in [2.75, 3.05) is 6.61 Å². The van der Waals surface area contributed by atoms with Crippen molar-refractivity contribution in [3.63, 3.8) is 0 Å². The largest absolute Gasteiger partial charge is 0.478 e. The lowest BCUT2D eigenvalue weighted by molar-refractivity contribution is 0.327. The van der Waals surface area contributed by atoms with Crippen LogP contribution in [0.5, 0.6) is 5.88 Å². The number of pyridine rings is 2. The Kier molecular flexibility index (Phi) is 2.93. The van der Waals surface area contributed by atoms with Gasteiger partial charge in [-0.25, -0.2) is 4.98 Å². The van der Waals surface area contributed by atoms with Gasteiger partial charge in [-0.05, 0) is 36.2 Å². The van der Waals surface area contributed by atoms with Gasteiger partial charge in [0.1, 0.15) is 0 Å². The number of hydrogen-bond acceptors (Lipinski definition) is 3. The van der Waals surface area contributed by atoms with Crippen LogP contribution < -0.4 is 4.74 Å². The highest BCUT2D eigenvalue weighted by molar-refractivity contribution is 5.63. The van der Waals surface area contributed by atoms with Crippen LogP contribution in [0.25, 0.3) is 11.1 Å². The summed E-state index contributed by atoms with van der Waals surface area (Å²) in [5, 5.41) is 0. The maximum absolute atomic E-state index is 5.34. The smallest absolute Gasteiger partial charge is 0.213 e. The van der Waals surface area contributed by atoms with E-state index in [9.17, 15) is 0 Å². The Morgan fingerprint density at radius 1 is 1.07 bits per heavy atom. The predicted octanol–water partition coefficient (Wildman–Crippen LogP) is 2.54. The van der Waals surface area contributed by atoms with Crippen LogP contribution in [0, 0.1) is 0 Å². The quantitative estimate of drug-likeness (QED) is 0.763. The van der Waals surface area contributed by atoms with Crippen molar-refractivity contribution in [3.05, 3.63) is 42.9 Å². The minimum atomic E-state index is 0.632. The molecule has 3 heteroatoms. The van der Waals surface area contributed by atoms with Gasteiger partial charge in [0, 0.05) is 24.7 Å². The number of rotatable bonds is 3. The fourth-order valence-electron chi connectivity index (χ4n) is 1.36. The molecule has 0 aromatic carbocycles. The molecule has 3 nitrogen and oxygen atoms in total. The van der Waals surface area contributed by atoms with Gasteiger partial charge < -0.3 is 4.74 Å². The molecular weight excluding hydrogens is 188 g/mol. The summed E-state index contributed by atoms with van der Waals surface area (Å²) >= 11 is 0. The molecule has 0 N–H and O–H groups in total. The van der Waals surface area contributed by atoms with Gasteiger partial charge in [0.15, 0.2) is 0 Å². The Labute approximate surface area is 88.8 Å². The molecule has 0 atom stereocenters. The van der Waals surface area contributed by atoms with Crippen LogP contribution >= 0.6 is 0 Å². The van der Waals surface area contributed by atoms with Crippen LogP contribution in [0.15, 0.2) is 42.9 Å². The predicted molar refractivity (Wildman–Crippen MR) is 58.6 cm³/mol. The summed E-state index contributed by atoms with van der Waals surface area (Å²) in [4.78, 5) is 8.10. The summed E-state index contributed by atoms with van der Waals surface area (Å²) in [7, 11) is 0. The Bertz CT molecular complexity index is 429. The summed E-state index contributed by atoms with van der Waals surface area (Å²) in [6.07, 6.45) is 5.30. The van der Waals surface area contributed by atoms with Gasteiger partial charge in [-0.3, -0.25) is 4.98 Å². The van der Waals surface area contributed by atoms with Gasteiger partial charge in [-0.15, -0.1) is 0 Å². The molecule has 2 aromatic heterocycles. The molecular formula is C12H12N2O. The van der Waals surface area contributed by atoms with Crippen LogP contribution in [0.3, 0.4) is 0 Å². The van der Waals surface area contributed by atoms with Crippen LogP contribution in [0.1, 0.15) is 6.92 Å². The Balaban J connectivity index is 2.33. The van der Waals surface area contributed by atoms with Crippen molar-refractivity contribution in [3.8, 4) is 17.0 Å². The highest BCUT2D eigenvalue weighted by Crippen LogP contribution is 2.20. The summed E-state index contributed by atoms with van der Waals surface area (Å²) in [5.74, 6) is 0.659. The van der Waals surface area contributed by atoms with Gasteiger partial charge in [-0.1, -0.05) is 0 Å². The summed E-state index contributed by atoms with van der Waals surface area (Å²) < 4.78 is 5.34. The van der Waals surface area contributed by atoms with Crippen molar-refractivity contribution >= 4 is 0 Å². The average molecular weight is 200 g/mol. The Morgan fingerprint density at radius 3 is 2.53 bits per heavy atom. The topological polar surface area (TPSA) is 35.0 Å². The first-order valence-electron chi connectivity index (χ1n) is 4.89. The molecule has 2 aromatic rings. The lowest BCUT2D eigenvalue weighted by Crippen LogP contribution is -1.93. The molecule has 0 spiro atoms. The lowest BCUT2D eigenvalue weighted by Gasteiger charge is -2.04. The number of nitrogens with zero attached hydrogens (tertiary/aromatic N) is 2. The van der Waals surface area contributed by atoms with Crippen LogP contribution in [0.2, 0.25) is 0 Å². The van der Waals surface area contributed by atoms with Crippen LogP contribution in [-0.4, -0.2) is 16.6 Å². The number of ether oxygens (including phenoxy) is 1. The highest BCUT2D eigenvalue weighted by atomic mass is 16.5. The normalized spacial score (nSPS) is 9.93. The van der Waals surface area contributed by atoms with Gasteiger partial charge >= 0.3 is 0 Å². The molecule has 0 aliphatic carbocycles. The average Bonchev–Trinajstić information content (AvgIpc) is 2.31. The van der Waals surface area contributed by atoms with Crippen molar-refractivity contribution in [2.24, 2.45) is 0 Å². The third-order valence-electron chi connectivity index (χ3n) is 2.04. The van der Waals surface area contributed by atoms with E-state index in [1.807, 2.05) is 31.2 Å². The third-order valence-corrected chi connectivity index (χ3v) is 2.04. The highest BCUT2D eigenvalue weighted by Gasteiger charge is 1.99. The van der Waals surface area contributed by atoms with E-state index in [2.05, 4.69) is 9.97 Å². The third kappa shape index (κ3) is 2.31. The SMILES string of the molecule is CCOc1cc(-c2ccncc2)ccn1. The molecule has 0 aliphatic heterocycles. The minimum absolute atomic E-state index is 0.632. The molecule has 2 heterocycles. The van der Waals surface area contributed by atoms with E-state index in [1.54, 1.807) is 18.6 Å². The first kappa shape index (κ1) is 9.65. The maximum atomic E-state index is 5.34. The second kappa shape index (κ2) is 4.55. The lowest BCUT2D eigenvalue weighted by atomic mass is 10.1. The van der Waals surface area contributed by atoms with Crippen LogP contribution in [0.4, 0.5) is 0 Å². The zero-order chi connectivity index (χ0) is 10.5. The van der Waals surface area contributed by atoms with E-state index in [-0.39, 0.29) is 0 Å². The molecule has 76 valence electrons. The zero-order valence-corrected chi connectivity index (χ0v) is 8.55. The van der Waals surface area contributed by atoms with Crippen molar-refractivity contribution < 1.29 is 4.74 Å². The van der Waals surface area contributed by atoms with E-state index < -0.39 is 0 Å². The van der Waals surface area contributed by atoms with E-state index in [0.717, 1.165) is 11.1 Å². The van der Waals surface area contributed by atoms with Gasteiger partial charge in [0.05, 0.1) is 6.61 Å². The van der Waals surface area contributed by atoms with Gasteiger partial charge in [-0.2, -0.15) is 0 Å². The van der Waals surface area contributed by atoms with E-state index >= 15 is 0 Å². The summed E-state index contributed by atoms with van der Waals surface area (Å²) in [6, 6.07) is 7.81. The van der Waals surface area contributed by atoms with Crippen molar-refractivity contribution in [1.82, 2.24) is 9.97 Å². The number of aromatic nitrogens is 2. The molecule has 0 saturated heterocycles. The molecule has 2 rings (SSSR count). The molecule has 0 amide bonds. The van der Waals surface area contributed by atoms with E-state index in [4.69, 9.17) is 4.74 Å². The second-order valence-corrected chi connectivity index (χ2v) is 3.05. The molecule has 0 radical (unpaired) electrons. The summed E-state index contributed by atoms with van der Waals surface area (Å²) in [5.41, 5.74) is 2.21. The molecule has 0 bridgehead atoms. The fraction of sp³-hybridized carbons (Fsp3) is 0.167. The second-order valence-electron chi connectivity index (χ2n) is 3.05. The van der Waals surface area contributed by atoms with E-state index in [0.29, 0.717) is 12.5 Å². The van der Waals surface area contributed by atoms with Gasteiger partial charge in [0.2, 0.25) is 5.88 Å².